The Hall–Kier alpha value is -2.05. The smallest absolute Gasteiger partial charge is 0.263 e. The minimum atomic E-state index is -0.156. The zero-order valence-electron chi connectivity index (χ0n) is 13.5. The molecular formula is C18H16BNO2S2. The van der Waals surface area contributed by atoms with Crippen molar-refractivity contribution >= 4 is 53.6 Å². The summed E-state index contributed by atoms with van der Waals surface area (Å²) in [6.07, 6.45) is 1.83. The first kappa shape index (κ1) is 16.8. The molecule has 0 aromatic heterocycles. The molecule has 6 heteroatoms. The number of rotatable bonds is 4. The van der Waals surface area contributed by atoms with Gasteiger partial charge < -0.3 is 10.1 Å². The van der Waals surface area contributed by atoms with Crippen LogP contribution in [-0.2, 0) is 11.4 Å². The van der Waals surface area contributed by atoms with E-state index in [-0.39, 0.29) is 5.91 Å². The highest BCUT2D eigenvalue weighted by Gasteiger charge is 2.22. The van der Waals surface area contributed by atoms with E-state index in [4.69, 9.17) is 17.0 Å². The quantitative estimate of drug-likeness (QED) is 0.520. The Morgan fingerprint density at radius 3 is 2.67 bits per heavy atom. The lowest BCUT2D eigenvalue weighted by molar-refractivity contribution is -0.115. The number of aryl methyl sites for hydroxylation is 1. The standard InChI is InChI=1S/C18H16BNO2S2/c1-11-2-4-12(5-3-11)10-22-15-7-6-14(19)8-13(15)9-16-17(21)20-18(23)24-16/h2-9H,10,19H2,1H3,(H,20,21,23)/b16-9-. The van der Waals surface area contributed by atoms with Gasteiger partial charge in [-0.25, -0.2) is 0 Å². The summed E-state index contributed by atoms with van der Waals surface area (Å²) in [5.41, 5.74) is 4.31. The molecule has 120 valence electrons. The molecule has 1 amide bonds. The minimum Gasteiger partial charge on any atom is -0.488 e. The molecular weight excluding hydrogens is 337 g/mol. The summed E-state index contributed by atoms with van der Waals surface area (Å²) in [7, 11) is 2.01. The third kappa shape index (κ3) is 4.07. The van der Waals surface area contributed by atoms with Crippen molar-refractivity contribution in [3.05, 3.63) is 64.1 Å². The second-order valence-corrected chi connectivity index (χ2v) is 7.39. The molecule has 0 spiro atoms. The predicted octanol–water partition coefficient (Wildman–Crippen LogP) is 2.32. The van der Waals surface area contributed by atoms with E-state index >= 15 is 0 Å². The number of thiocarbonyl (C=S) groups is 1. The Bertz CT molecular complexity index is 831. The fourth-order valence-corrected chi connectivity index (χ4v) is 3.35. The lowest BCUT2D eigenvalue weighted by Gasteiger charge is -2.11. The molecule has 1 aliphatic rings. The van der Waals surface area contributed by atoms with Gasteiger partial charge in [-0.3, -0.25) is 4.79 Å². The van der Waals surface area contributed by atoms with Crippen LogP contribution in [0.1, 0.15) is 16.7 Å². The molecule has 1 fully saturated rings. The molecule has 0 unspecified atom stereocenters. The molecule has 3 nitrogen and oxygen atoms in total. The SMILES string of the molecule is Bc1ccc(OCc2ccc(C)cc2)c(/C=C2\SC(=S)NC2=O)c1. The fraction of sp³-hybridized carbons (Fsp3) is 0.111. The molecule has 2 aromatic carbocycles. The van der Waals surface area contributed by atoms with Gasteiger partial charge in [0, 0.05) is 5.56 Å². The third-order valence-electron chi connectivity index (χ3n) is 3.61. The molecule has 1 heterocycles. The highest BCUT2D eigenvalue weighted by atomic mass is 32.2. The maximum atomic E-state index is 11.9. The zero-order chi connectivity index (χ0) is 17.1. The maximum absolute atomic E-state index is 11.9. The number of benzene rings is 2. The Morgan fingerprint density at radius 1 is 1.25 bits per heavy atom. The number of ether oxygens (including phenoxy) is 1. The van der Waals surface area contributed by atoms with Crippen molar-refractivity contribution in [2.75, 3.05) is 0 Å². The minimum absolute atomic E-state index is 0.156. The summed E-state index contributed by atoms with van der Waals surface area (Å²) >= 11 is 6.31. The number of carbonyl (C=O) groups is 1. The largest absolute Gasteiger partial charge is 0.488 e. The summed E-state index contributed by atoms with van der Waals surface area (Å²) in [6, 6.07) is 14.2. The lowest BCUT2D eigenvalue weighted by atomic mass is 9.94. The van der Waals surface area contributed by atoms with Crippen LogP contribution in [0.25, 0.3) is 6.08 Å². The van der Waals surface area contributed by atoms with Crippen molar-refractivity contribution in [1.29, 1.82) is 0 Å². The average Bonchev–Trinajstić information content (AvgIpc) is 2.86. The second-order valence-electron chi connectivity index (χ2n) is 5.67. The van der Waals surface area contributed by atoms with Crippen molar-refractivity contribution in [3.8, 4) is 5.75 Å². The summed E-state index contributed by atoms with van der Waals surface area (Å²) in [4.78, 5) is 12.5. The Labute approximate surface area is 151 Å². The van der Waals surface area contributed by atoms with Gasteiger partial charge in [0.05, 0.1) is 4.91 Å². The molecule has 24 heavy (non-hydrogen) atoms. The fourth-order valence-electron chi connectivity index (χ4n) is 2.32. The van der Waals surface area contributed by atoms with E-state index in [0.717, 1.165) is 22.3 Å². The number of hydrogen-bond acceptors (Lipinski definition) is 4. The van der Waals surface area contributed by atoms with Gasteiger partial charge in [0.15, 0.2) is 0 Å². The number of hydrogen-bond donors (Lipinski definition) is 1. The van der Waals surface area contributed by atoms with E-state index in [1.165, 1.54) is 17.3 Å². The number of nitrogens with one attached hydrogen (secondary N) is 1. The molecule has 3 rings (SSSR count). The molecule has 1 aliphatic heterocycles. The van der Waals surface area contributed by atoms with Gasteiger partial charge in [-0.2, -0.15) is 0 Å². The van der Waals surface area contributed by atoms with Gasteiger partial charge in [0.25, 0.3) is 5.91 Å². The first-order valence-electron chi connectivity index (χ1n) is 7.55. The van der Waals surface area contributed by atoms with Crippen LogP contribution in [0.5, 0.6) is 5.75 Å². The van der Waals surface area contributed by atoms with Gasteiger partial charge in [-0.05, 0) is 24.6 Å². The maximum Gasteiger partial charge on any atom is 0.263 e. The summed E-state index contributed by atoms with van der Waals surface area (Å²) < 4.78 is 6.46. The highest BCUT2D eigenvalue weighted by molar-refractivity contribution is 8.26. The van der Waals surface area contributed by atoms with Gasteiger partial charge >= 0.3 is 0 Å². The Balaban J connectivity index is 1.83. The van der Waals surface area contributed by atoms with Crippen molar-refractivity contribution in [2.24, 2.45) is 0 Å². The monoisotopic (exact) mass is 353 g/mol. The molecule has 0 atom stereocenters. The molecule has 0 radical (unpaired) electrons. The summed E-state index contributed by atoms with van der Waals surface area (Å²) in [6.45, 7) is 2.54. The van der Waals surface area contributed by atoms with Crippen molar-refractivity contribution in [3.63, 3.8) is 0 Å². The van der Waals surface area contributed by atoms with E-state index in [0.29, 0.717) is 15.8 Å². The Kier molecular flexibility index (Phi) is 5.07. The third-order valence-corrected chi connectivity index (χ3v) is 4.77. The van der Waals surface area contributed by atoms with Crippen molar-refractivity contribution in [2.45, 2.75) is 13.5 Å². The highest BCUT2D eigenvalue weighted by Crippen LogP contribution is 2.29. The second kappa shape index (κ2) is 7.24. The van der Waals surface area contributed by atoms with Crippen LogP contribution < -0.4 is 15.5 Å². The predicted molar refractivity (Wildman–Crippen MR) is 106 cm³/mol. The van der Waals surface area contributed by atoms with E-state index in [1.54, 1.807) is 0 Å². The first-order chi connectivity index (χ1) is 11.5. The molecule has 2 aromatic rings. The van der Waals surface area contributed by atoms with Gasteiger partial charge in [-0.1, -0.05) is 71.4 Å². The summed E-state index contributed by atoms with van der Waals surface area (Å²) in [5.74, 6) is 0.593. The van der Waals surface area contributed by atoms with E-state index in [2.05, 4.69) is 36.5 Å². The van der Waals surface area contributed by atoms with Crippen LogP contribution in [0.2, 0.25) is 0 Å². The van der Waals surface area contributed by atoms with Gasteiger partial charge in [-0.15, -0.1) is 0 Å². The van der Waals surface area contributed by atoms with Crippen molar-refractivity contribution in [1.82, 2.24) is 5.32 Å². The zero-order valence-corrected chi connectivity index (χ0v) is 15.1. The number of thioether (sulfide) groups is 1. The van der Waals surface area contributed by atoms with Crippen LogP contribution in [0.15, 0.2) is 47.4 Å². The van der Waals surface area contributed by atoms with Crippen LogP contribution in [0, 0.1) is 6.92 Å². The molecule has 1 saturated heterocycles. The first-order valence-corrected chi connectivity index (χ1v) is 8.77. The average molecular weight is 353 g/mol. The van der Waals surface area contributed by atoms with E-state index in [1.807, 2.05) is 32.1 Å². The van der Waals surface area contributed by atoms with Gasteiger partial charge in [0.1, 0.15) is 24.5 Å². The molecule has 0 saturated carbocycles. The van der Waals surface area contributed by atoms with E-state index < -0.39 is 0 Å². The van der Waals surface area contributed by atoms with Gasteiger partial charge in [0.2, 0.25) is 0 Å². The molecule has 1 N–H and O–H groups in total. The van der Waals surface area contributed by atoms with E-state index in [9.17, 15) is 4.79 Å². The van der Waals surface area contributed by atoms with Crippen LogP contribution in [-0.4, -0.2) is 18.1 Å². The lowest BCUT2D eigenvalue weighted by Crippen LogP contribution is -2.17. The number of amides is 1. The molecule has 0 bridgehead atoms. The van der Waals surface area contributed by atoms with Crippen LogP contribution in [0.4, 0.5) is 0 Å². The summed E-state index contributed by atoms with van der Waals surface area (Å²) in [5, 5.41) is 2.63. The van der Waals surface area contributed by atoms with Crippen LogP contribution in [0.3, 0.4) is 0 Å². The number of carbonyl (C=O) groups excluding carboxylic acids is 1. The van der Waals surface area contributed by atoms with Crippen molar-refractivity contribution < 1.29 is 9.53 Å². The molecule has 0 aliphatic carbocycles. The topological polar surface area (TPSA) is 38.3 Å². The normalized spacial score (nSPS) is 15.6. The Morgan fingerprint density at radius 2 is 2.00 bits per heavy atom. The van der Waals surface area contributed by atoms with Crippen LogP contribution >= 0.6 is 24.0 Å².